The number of halogens is 1. The number of rotatable bonds is 3. The van der Waals surface area contributed by atoms with Crippen LogP contribution in [-0.4, -0.2) is 29.8 Å². The zero-order chi connectivity index (χ0) is 14.0. The molecule has 0 atom stereocenters. The Balaban J connectivity index is 2.34. The summed E-state index contributed by atoms with van der Waals surface area (Å²) in [4.78, 5) is 11.2. The van der Waals surface area contributed by atoms with Crippen molar-refractivity contribution in [3.63, 3.8) is 0 Å². The largest absolute Gasteiger partial charge is 0.478 e. The standard InChI is InChI=1S/C13H17FN2O3/c1-13(4-6-19-7-5-13)16-9-3-2-8(14)11(15)10(9)12(17)18/h2-3,16H,4-7,15H2,1H3,(H,17,18). The fraction of sp³-hybridized carbons (Fsp3) is 0.462. The second-order valence-electron chi connectivity index (χ2n) is 4.99. The molecular formula is C13H17FN2O3. The lowest BCUT2D eigenvalue weighted by atomic mass is 9.91. The molecule has 1 aliphatic heterocycles. The summed E-state index contributed by atoms with van der Waals surface area (Å²) in [5.41, 5.74) is 5.03. The van der Waals surface area contributed by atoms with Crippen LogP contribution in [0.1, 0.15) is 30.1 Å². The summed E-state index contributed by atoms with van der Waals surface area (Å²) in [5.74, 6) is -1.96. The topological polar surface area (TPSA) is 84.6 Å². The van der Waals surface area contributed by atoms with Crippen molar-refractivity contribution < 1.29 is 19.0 Å². The van der Waals surface area contributed by atoms with Crippen LogP contribution in [-0.2, 0) is 4.74 Å². The Kier molecular flexibility index (Phi) is 3.61. The third-order valence-electron chi connectivity index (χ3n) is 3.44. The second-order valence-corrected chi connectivity index (χ2v) is 4.99. The highest BCUT2D eigenvalue weighted by Crippen LogP contribution is 2.31. The molecule has 0 unspecified atom stereocenters. The quantitative estimate of drug-likeness (QED) is 0.731. The van der Waals surface area contributed by atoms with E-state index in [1.165, 1.54) is 12.1 Å². The van der Waals surface area contributed by atoms with Crippen molar-refractivity contribution in [1.82, 2.24) is 0 Å². The number of carbonyl (C=O) groups is 1. The lowest BCUT2D eigenvalue weighted by molar-refractivity contribution is 0.0655. The molecule has 0 radical (unpaired) electrons. The van der Waals surface area contributed by atoms with E-state index in [1.54, 1.807) is 0 Å². The molecule has 104 valence electrons. The zero-order valence-electron chi connectivity index (χ0n) is 10.7. The second kappa shape index (κ2) is 5.05. The van der Waals surface area contributed by atoms with Crippen LogP contribution >= 0.6 is 0 Å². The van der Waals surface area contributed by atoms with Gasteiger partial charge in [-0.25, -0.2) is 9.18 Å². The highest BCUT2D eigenvalue weighted by molar-refractivity contribution is 6.00. The molecule has 19 heavy (non-hydrogen) atoms. The van der Waals surface area contributed by atoms with E-state index >= 15 is 0 Å². The van der Waals surface area contributed by atoms with Gasteiger partial charge >= 0.3 is 5.97 Å². The minimum Gasteiger partial charge on any atom is -0.478 e. The van der Waals surface area contributed by atoms with Crippen LogP contribution < -0.4 is 11.1 Å². The van der Waals surface area contributed by atoms with E-state index in [1.807, 2.05) is 6.92 Å². The highest BCUT2D eigenvalue weighted by atomic mass is 19.1. The van der Waals surface area contributed by atoms with Crippen molar-refractivity contribution >= 4 is 17.3 Å². The molecule has 0 amide bonds. The van der Waals surface area contributed by atoms with Crippen molar-refractivity contribution in [3.05, 3.63) is 23.5 Å². The molecule has 0 aliphatic carbocycles. The number of aromatic carboxylic acids is 1. The van der Waals surface area contributed by atoms with Gasteiger partial charge in [-0.3, -0.25) is 0 Å². The van der Waals surface area contributed by atoms with E-state index in [4.69, 9.17) is 10.5 Å². The predicted molar refractivity (Wildman–Crippen MR) is 69.9 cm³/mol. The predicted octanol–water partition coefficient (Wildman–Crippen LogP) is 2.09. The van der Waals surface area contributed by atoms with Gasteiger partial charge in [0, 0.05) is 18.8 Å². The van der Waals surface area contributed by atoms with Crippen LogP contribution in [0.4, 0.5) is 15.8 Å². The van der Waals surface area contributed by atoms with Gasteiger partial charge in [-0.2, -0.15) is 0 Å². The molecule has 0 bridgehead atoms. The monoisotopic (exact) mass is 268 g/mol. The van der Waals surface area contributed by atoms with Gasteiger partial charge in [0.15, 0.2) is 0 Å². The Bertz CT molecular complexity index is 499. The summed E-state index contributed by atoms with van der Waals surface area (Å²) in [7, 11) is 0. The number of anilines is 2. The third-order valence-corrected chi connectivity index (χ3v) is 3.44. The van der Waals surface area contributed by atoms with Gasteiger partial charge in [-0.15, -0.1) is 0 Å². The first-order valence-electron chi connectivity index (χ1n) is 6.10. The summed E-state index contributed by atoms with van der Waals surface area (Å²) in [6.07, 6.45) is 1.51. The maximum Gasteiger partial charge on any atom is 0.340 e. The lowest BCUT2D eigenvalue weighted by Gasteiger charge is -2.36. The van der Waals surface area contributed by atoms with Crippen LogP contribution in [0.5, 0.6) is 0 Å². The molecule has 2 rings (SSSR count). The molecule has 1 aromatic carbocycles. The van der Waals surface area contributed by atoms with E-state index in [-0.39, 0.29) is 16.8 Å². The number of benzene rings is 1. The molecular weight excluding hydrogens is 251 g/mol. The number of nitrogen functional groups attached to an aromatic ring is 1. The number of nitrogens with one attached hydrogen (secondary N) is 1. The van der Waals surface area contributed by atoms with E-state index in [0.29, 0.717) is 18.9 Å². The molecule has 1 aromatic rings. The molecule has 0 saturated carbocycles. The normalized spacial score (nSPS) is 18.0. The number of hydrogen-bond donors (Lipinski definition) is 3. The number of hydrogen-bond acceptors (Lipinski definition) is 4. The van der Waals surface area contributed by atoms with Crippen LogP contribution in [0.25, 0.3) is 0 Å². The lowest BCUT2D eigenvalue weighted by Crippen LogP contribution is -2.41. The summed E-state index contributed by atoms with van der Waals surface area (Å²) in [6.45, 7) is 3.21. The summed E-state index contributed by atoms with van der Waals surface area (Å²) < 4.78 is 18.6. The average Bonchev–Trinajstić information content (AvgIpc) is 2.34. The smallest absolute Gasteiger partial charge is 0.340 e. The molecule has 6 heteroatoms. The molecule has 1 fully saturated rings. The van der Waals surface area contributed by atoms with Gasteiger partial charge in [-0.1, -0.05) is 0 Å². The van der Waals surface area contributed by atoms with Gasteiger partial charge in [-0.05, 0) is 31.9 Å². The number of carboxylic acids is 1. The molecule has 1 heterocycles. The molecule has 0 spiro atoms. The van der Waals surface area contributed by atoms with E-state index in [9.17, 15) is 14.3 Å². The van der Waals surface area contributed by atoms with Gasteiger partial charge < -0.3 is 20.9 Å². The Hall–Kier alpha value is -1.82. The first-order chi connectivity index (χ1) is 8.93. The maximum atomic E-state index is 13.4. The maximum absolute atomic E-state index is 13.4. The fourth-order valence-electron chi connectivity index (χ4n) is 2.20. The first-order valence-corrected chi connectivity index (χ1v) is 6.10. The van der Waals surface area contributed by atoms with Crippen LogP contribution in [0.3, 0.4) is 0 Å². The van der Waals surface area contributed by atoms with Gasteiger partial charge in [0.2, 0.25) is 0 Å². The minimum atomic E-state index is -1.24. The molecule has 1 saturated heterocycles. The average molecular weight is 268 g/mol. The Labute approximate surface area is 110 Å². The molecule has 4 N–H and O–H groups in total. The molecule has 5 nitrogen and oxygen atoms in total. The highest BCUT2D eigenvalue weighted by Gasteiger charge is 2.29. The van der Waals surface area contributed by atoms with Gasteiger partial charge in [0.25, 0.3) is 0 Å². The van der Waals surface area contributed by atoms with Crippen molar-refractivity contribution in [3.8, 4) is 0 Å². The van der Waals surface area contributed by atoms with Crippen LogP contribution in [0.2, 0.25) is 0 Å². The summed E-state index contributed by atoms with van der Waals surface area (Å²) >= 11 is 0. The van der Waals surface area contributed by atoms with E-state index < -0.39 is 11.8 Å². The summed E-state index contributed by atoms with van der Waals surface area (Å²) in [6, 6.07) is 2.59. The van der Waals surface area contributed by atoms with Crippen LogP contribution in [0, 0.1) is 5.82 Å². The van der Waals surface area contributed by atoms with Crippen molar-refractivity contribution in [2.24, 2.45) is 0 Å². The van der Waals surface area contributed by atoms with Gasteiger partial charge in [0.1, 0.15) is 11.4 Å². The zero-order valence-corrected chi connectivity index (χ0v) is 10.7. The first kappa shape index (κ1) is 13.6. The molecule has 0 aromatic heterocycles. The summed E-state index contributed by atoms with van der Waals surface area (Å²) in [5, 5.41) is 12.3. The van der Waals surface area contributed by atoms with E-state index in [0.717, 1.165) is 12.8 Å². The Morgan fingerprint density at radius 1 is 1.47 bits per heavy atom. The van der Waals surface area contributed by atoms with Crippen molar-refractivity contribution in [2.45, 2.75) is 25.3 Å². The van der Waals surface area contributed by atoms with Gasteiger partial charge in [0.05, 0.1) is 11.4 Å². The third kappa shape index (κ3) is 2.78. The Morgan fingerprint density at radius 2 is 2.11 bits per heavy atom. The van der Waals surface area contributed by atoms with E-state index in [2.05, 4.69) is 5.32 Å². The van der Waals surface area contributed by atoms with Crippen molar-refractivity contribution in [1.29, 1.82) is 0 Å². The van der Waals surface area contributed by atoms with Crippen LogP contribution in [0.15, 0.2) is 12.1 Å². The fourth-order valence-corrected chi connectivity index (χ4v) is 2.20. The number of carboxylic acid groups (broad SMARTS) is 1. The SMILES string of the molecule is CC1(Nc2ccc(F)c(N)c2C(=O)O)CCOCC1. The Morgan fingerprint density at radius 3 is 2.68 bits per heavy atom. The minimum absolute atomic E-state index is 0.215. The van der Waals surface area contributed by atoms with Crippen molar-refractivity contribution in [2.75, 3.05) is 24.3 Å². The number of nitrogens with two attached hydrogens (primary N) is 1. The molecule has 1 aliphatic rings. The number of ether oxygens (including phenoxy) is 1.